The van der Waals surface area contributed by atoms with E-state index in [-0.39, 0.29) is 17.5 Å². The average molecular weight is 412 g/mol. The molecule has 1 aromatic heterocycles. The van der Waals surface area contributed by atoms with Gasteiger partial charge >= 0.3 is 0 Å². The van der Waals surface area contributed by atoms with Crippen molar-refractivity contribution in [3.8, 4) is 0 Å². The lowest BCUT2D eigenvalue weighted by molar-refractivity contribution is 0.416. The maximum absolute atomic E-state index is 13.7. The first-order valence-electron chi connectivity index (χ1n) is 10.7. The molecule has 0 aliphatic carbocycles. The molecule has 0 aliphatic heterocycles. The number of nitrogens with zero attached hydrogens (tertiary/aromatic N) is 3. The number of hydrogen-bond donors (Lipinski definition) is 0. The Balaban J connectivity index is 1.86. The van der Waals surface area contributed by atoms with Gasteiger partial charge in [-0.1, -0.05) is 61.9 Å². The molecule has 0 aliphatic rings. The van der Waals surface area contributed by atoms with E-state index in [9.17, 15) is 4.79 Å². The van der Waals surface area contributed by atoms with Crippen molar-refractivity contribution in [1.29, 1.82) is 0 Å². The van der Waals surface area contributed by atoms with E-state index in [1.165, 1.54) is 5.56 Å². The smallest absolute Gasteiger partial charge is 0.262 e. The summed E-state index contributed by atoms with van der Waals surface area (Å²) in [5.41, 5.74) is 5.12. The lowest BCUT2D eigenvalue weighted by atomic mass is 9.95. The van der Waals surface area contributed by atoms with E-state index in [4.69, 9.17) is 4.98 Å². The van der Waals surface area contributed by atoms with Crippen LogP contribution in [0.1, 0.15) is 36.8 Å². The van der Waals surface area contributed by atoms with Gasteiger partial charge < -0.3 is 4.90 Å². The van der Waals surface area contributed by atoms with Crippen LogP contribution < -0.4 is 10.5 Å². The van der Waals surface area contributed by atoms with E-state index in [0.717, 1.165) is 28.3 Å². The Morgan fingerprint density at radius 3 is 2.16 bits per heavy atom. The van der Waals surface area contributed by atoms with Crippen molar-refractivity contribution in [2.75, 3.05) is 11.9 Å². The van der Waals surface area contributed by atoms with Crippen LogP contribution in [0, 0.1) is 19.8 Å². The van der Waals surface area contributed by atoms with E-state index in [2.05, 4.69) is 62.1 Å². The van der Waals surface area contributed by atoms with Crippen molar-refractivity contribution in [2.24, 2.45) is 5.92 Å². The van der Waals surface area contributed by atoms with E-state index in [0.29, 0.717) is 5.39 Å². The van der Waals surface area contributed by atoms with Gasteiger partial charge in [0.15, 0.2) is 0 Å². The van der Waals surface area contributed by atoms with Crippen LogP contribution in [-0.4, -0.2) is 16.6 Å². The fourth-order valence-corrected chi connectivity index (χ4v) is 4.23. The maximum Gasteiger partial charge on any atom is 0.262 e. The minimum absolute atomic E-state index is 0.00390. The molecule has 158 valence electrons. The number of aryl methyl sites for hydroxylation is 2. The minimum Gasteiger partial charge on any atom is -0.345 e. The molecule has 4 aromatic rings. The number of hydrogen-bond acceptors (Lipinski definition) is 3. The third-order valence-electron chi connectivity index (χ3n) is 5.92. The quantitative estimate of drug-likeness (QED) is 0.403. The van der Waals surface area contributed by atoms with Gasteiger partial charge in [-0.3, -0.25) is 9.36 Å². The first kappa shape index (κ1) is 20.9. The van der Waals surface area contributed by atoms with Crippen LogP contribution in [0.5, 0.6) is 0 Å². The van der Waals surface area contributed by atoms with Gasteiger partial charge in [0, 0.05) is 18.4 Å². The molecule has 0 fully saturated rings. The van der Waals surface area contributed by atoms with Gasteiger partial charge in [0.2, 0.25) is 0 Å². The molecule has 0 saturated heterocycles. The molecule has 31 heavy (non-hydrogen) atoms. The fourth-order valence-electron chi connectivity index (χ4n) is 4.23. The Bertz CT molecular complexity index is 1260. The SMILES string of the molecule is Cc1ccc(N(C)c2ccc3nc(C)n(C(c4ccccc4)C(C)C)c(=O)c3c2)cc1. The number of benzene rings is 3. The highest BCUT2D eigenvalue weighted by Gasteiger charge is 2.22. The van der Waals surface area contributed by atoms with Crippen molar-refractivity contribution < 1.29 is 0 Å². The standard InChI is InChI=1S/C27H29N3O/c1-18(2)26(21-9-7-6-8-10-21)30-20(4)28-25-16-15-23(17-24(25)27(30)31)29(5)22-13-11-19(3)12-14-22/h6-18,26H,1-5H3. The maximum atomic E-state index is 13.7. The zero-order valence-corrected chi connectivity index (χ0v) is 18.8. The summed E-state index contributed by atoms with van der Waals surface area (Å²) in [6, 6.07) is 24.5. The van der Waals surface area contributed by atoms with Gasteiger partial charge in [-0.2, -0.15) is 0 Å². The van der Waals surface area contributed by atoms with Crippen molar-refractivity contribution in [1.82, 2.24) is 9.55 Å². The minimum atomic E-state index is -0.0657. The molecule has 4 nitrogen and oxygen atoms in total. The lowest BCUT2D eigenvalue weighted by Gasteiger charge is -2.26. The predicted molar refractivity (Wildman–Crippen MR) is 129 cm³/mol. The van der Waals surface area contributed by atoms with Crippen LogP contribution in [0.2, 0.25) is 0 Å². The highest BCUT2D eigenvalue weighted by Crippen LogP contribution is 2.29. The largest absolute Gasteiger partial charge is 0.345 e. The zero-order valence-electron chi connectivity index (χ0n) is 18.8. The molecular weight excluding hydrogens is 382 g/mol. The molecule has 0 saturated carbocycles. The molecule has 0 spiro atoms. The summed E-state index contributed by atoms with van der Waals surface area (Å²) in [6.07, 6.45) is 0. The highest BCUT2D eigenvalue weighted by atomic mass is 16.1. The molecule has 0 N–H and O–H groups in total. The molecule has 1 unspecified atom stereocenters. The molecule has 4 heteroatoms. The van der Waals surface area contributed by atoms with Gasteiger partial charge in [0.1, 0.15) is 5.82 Å². The lowest BCUT2D eigenvalue weighted by Crippen LogP contribution is -2.31. The first-order chi connectivity index (χ1) is 14.9. The van der Waals surface area contributed by atoms with Crippen molar-refractivity contribution >= 4 is 22.3 Å². The van der Waals surface area contributed by atoms with Crippen LogP contribution >= 0.6 is 0 Å². The third kappa shape index (κ3) is 3.98. The van der Waals surface area contributed by atoms with E-state index in [1.54, 1.807) is 0 Å². The van der Waals surface area contributed by atoms with Crippen LogP contribution in [-0.2, 0) is 0 Å². The monoisotopic (exact) mass is 411 g/mol. The van der Waals surface area contributed by atoms with E-state index in [1.807, 2.05) is 54.9 Å². The zero-order chi connectivity index (χ0) is 22.1. The van der Waals surface area contributed by atoms with Gasteiger partial charge in [0.05, 0.1) is 16.9 Å². The first-order valence-corrected chi connectivity index (χ1v) is 10.7. The topological polar surface area (TPSA) is 38.1 Å². The number of aromatic nitrogens is 2. The van der Waals surface area contributed by atoms with Gasteiger partial charge in [-0.25, -0.2) is 4.98 Å². The van der Waals surface area contributed by atoms with Crippen molar-refractivity contribution in [3.05, 3.63) is 100 Å². The summed E-state index contributed by atoms with van der Waals surface area (Å²) >= 11 is 0. The molecule has 1 heterocycles. The number of anilines is 2. The normalized spacial score (nSPS) is 12.3. The van der Waals surface area contributed by atoms with Crippen LogP contribution in [0.3, 0.4) is 0 Å². The summed E-state index contributed by atoms with van der Waals surface area (Å²) in [6.45, 7) is 8.30. The second kappa shape index (κ2) is 8.38. The number of fused-ring (bicyclic) bond motifs is 1. The van der Waals surface area contributed by atoms with Gasteiger partial charge in [-0.15, -0.1) is 0 Å². The second-order valence-corrected chi connectivity index (χ2v) is 8.53. The Hall–Kier alpha value is -3.40. The highest BCUT2D eigenvalue weighted by molar-refractivity contribution is 5.83. The van der Waals surface area contributed by atoms with Crippen molar-refractivity contribution in [3.63, 3.8) is 0 Å². The summed E-state index contributed by atoms with van der Waals surface area (Å²) in [4.78, 5) is 20.6. The van der Waals surface area contributed by atoms with Crippen LogP contribution in [0.4, 0.5) is 11.4 Å². The molecule has 4 rings (SSSR count). The predicted octanol–water partition coefficient (Wildman–Crippen LogP) is 6.03. The second-order valence-electron chi connectivity index (χ2n) is 8.53. The van der Waals surface area contributed by atoms with Crippen LogP contribution in [0.25, 0.3) is 10.9 Å². The summed E-state index contributed by atoms with van der Waals surface area (Å²) in [5, 5.41) is 0.642. The molecule has 3 aromatic carbocycles. The van der Waals surface area contributed by atoms with E-state index >= 15 is 0 Å². The summed E-state index contributed by atoms with van der Waals surface area (Å²) in [7, 11) is 2.02. The van der Waals surface area contributed by atoms with Crippen LogP contribution in [0.15, 0.2) is 77.6 Å². The Morgan fingerprint density at radius 2 is 1.52 bits per heavy atom. The Morgan fingerprint density at radius 1 is 0.871 bits per heavy atom. The summed E-state index contributed by atoms with van der Waals surface area (Å²) in [5.74, 6) is 0.983. The fraction of sp³-hybridized carbons (Fsp3) is 0.259. The van der Waals surface area contributed by atoms with Crippen molar-refractivity contribution in [2.45, 2.75) is 33.7 Å². The van der Waals surface area contributed by atoms with Gasteiger partial charge in [0.25, 0.3) is 5.56 Å². The van der Waals surface area contributed by atoms with Gasteiger partial charge in [-0.05, 0) is 55.7 Å². The Labute approximate surface area is 183 Å². The summed E-state index contributed by atoms with van der Waals surface area (Å²) < 4.78 is 1.86. The molecule has 1 atom stereocenters. The molecule has 0 bridgehead atoms. The van der Waals surface area contributed by atoms with E-state index < -0.39 is 0 Å². The number of rotatable bonds is 5. The average Bonchev–Trinajstić information content (AvgIpc) is 2.77. The third-order valence-corrected chi connectivity index (χ3v) is 5.92. The molecular formula is C27H29N3O. The Kier molecular flexibility index (Phi) is 5.64. The molecule has 0 radical (unpaired) electrons. The molecule has 0 amide bonds.